The van der Waals surface area contributed by atoms with Gasteiger partial charge in [0, 0.05) is 9.48 Å². The van der Waals surface area contributed by atoms with Crippen molar-refractivity contribution >= 4 is 43.6 Å². The Bertz CT molecular complexity index is 821. The molecule has 1 unspecified atom stereocenters. The highest BCUT2D eigenvalue weighted by molar-refractivity contribution is 7.98. The van der Waals surface area contributed by atoms with E-state index in [1.165, 1.54) is 0 Å². The van der Waals surface area contributed by atoms with Crippen molar-refractivity contribution in [1.29, 1.82) is 0 Å². The number of alkyl halides is 3. The number of rotatable bonds is 6. The minimum atomic E-state index is -4.56. The van der Waals surface area contributed by atoms with Gasteiger partial charge >= 0.3 is 6.18 Å². The van der Waals surface area contributed by atoms with Crippen molar-refractivity contribution in [1.82, 2.24) is 0 Å². The van der Waals surface area contributed by atoms with Crippen LogP contribution in [-0.4, -0.2) is 11.9 Å². The molecule has 0 aliphatic carbocycles. The number of nitrogens with zero attached hydrogens (tertiary/aromatic N) is 3. The van der Waals surface area contributed by atoms with E-state index in [1.807, 2.05) is 0 Å². The highest BCUT2D eigenvalue weighted by atomic mass is 32.2. The van der Waals surface area contributed by atoms with Gasteiger partial charge in [0.05, 0.1) is 23.3 Å². The van der Waals surface area contributed by atoms with Crippen LogP contribution in [0.1, 0.15) is 12.5 Å². The molecule has 0 aliphatic heterocycles. The smallest absolute Gasteiger partial charge is 0.234 e. The first-order valence-electron chi connectivity index (χ1n) is 7.29. The minimum Gasteiger partial charge on any atom is -0.234 e. The summed E-state index contributed by atoms with van der Waals surface area (Å²) in [6.45, 7) is 4.79. The fourth-order valence-electron chi connectivity index (χ4n) is 1.97. The van der Waals surface area contributed by atoms with Gasteiger partial charge in [0.25, 0.3) is 0 Å². The van der Waals surface area contributed by atoms with Crippen LogP contribution in [0.25, 0.3) is 5.70 Å². The third kappa shape index (κ3) is 5.16. The van der Waals surface area contributed by atoms with Crippen LogP contribution < -0.4 is 10.3 Å². The Labute approximate surface area is 155 Å². The predicted octanol–water partition coefficient (Wildman–Crippen LogP) is 5.38. The van der Waals surface area contributed by atoms with Crippen LogP contribution in [0.4, 0.5) is 18.9 Å². The maximum Gasteiger partial charge on any atom is 0.430 e. The topological polar surface area (TPSA) is 45.0 Å². The summed E-state index contributed by atoms with van der Waals surface area (Å²) in [6.07, 6.45) is -4.56. The van der Waals surface area contributed by atoms with Gasteiger partial charge in [-0.3, -0.25) is 0 Å². The summed E-state index contributed by atoms with van der Waals surface area (Å²) < 4.78 is 41.6. The van der Waals surface area contributed by atoms with Gasteiger partial charge in [-0.25, -0.2) is 5.01 Å². The van der Waals surface area contributed by atoms with Gasteiger partial charge in [-0.15, -0.1) is 14.1 Å². The maximum atomic E-state index is 13.0. The fourth-order valence-corrected chi connectivity index (χ4v) is 2.51. The third-order valence-electron chi connectivity index (χ3n) is 3.38. The molecule has 0 fully saturated rings. The highest BCUT2D eigenvalue weighted by Crippen LogP contribution is 2.29. The first kappa shape index (κ1) is 20.1. The molecule has 0 bridgehead atoms. The van der Waals surface area contributed by atoms with Crippen LogP contribution in [0.5, 0.6) is 0 Å². The normalized spacial score (nSPS) is 12.0. The molecule has 0 spiro atoms. The molecule has 0 amide bonds. The Kier molecular flexibility index (Phi) is 6.56. The number of hydrazone groups is 1. The number of benzene rings is 2. The molecule has 0 saturated carbocycles. The summed E-state index contributed by atoms with van der Waals surface area (Å²) in [4.78, 5) is 10.9. The van der Waals surface area contributed by atoms with Crippen molar-refractivity contribution in [2.45, 2.75) is 18.0 Å². The van der Waals surface area contributed by atoms with Gasteiger partial charge in [-0.05, 0) is 42.1 Å². The van der Waals surface area contributed by atoms with E-state index in [4.69, 9.17) is 0 Å². The van der Waals surface area contributed by atoms with Gasteiger partial charge in [0.2, 0.25) is 0 Å². The minimum absolute atomic E-state index is 0.285. The first-order valence-corrected chi connectivity index (χ1v) is 8.64. The van der Waals surface area contributed by atoms with E-state index in [9.17, 15) is 18.1 Å². The third-order valence-corrected chi connectivity index (χ3v) is 4.33. The largest absolute Gasteiger partial charge is 0.430 e. The van der Waals surface area contributed by atoms with E-state index in [2.05, 4.69) is 25.5 Å². The Morgan fingerprint density at radius 1 is 1.12 bits per heavy atom. The summed E-state index contributed by atoms with van der Waals surface area (Å²) >= 11 is 0.731. The quantitative estimate of drug-likeness (QED) is 0.216. The first-order chi connectivity index (χ1) is 12.2. The zero-order chi connectivity index (χ0) is 19.3. The second-order valence-corrected chi connectivity index (χ2v) is 6.69. The number of hydrogen-bond acceptors (Lipinski definition) is 5. The van der Waals surface area contributed by atoms with E-state index in [-0.39, 0.29) is 5.70 Å². The van der Waals surface area contributed by atoms with E-state index < -0.39 is 11.9 Å². The molecule has 26 heavy (non-hydrogen) atoms. The number of halogens is 3. The molecular weight excluding hydrogens is 382 g/mol. The van der Waals surface area contributed by atoms with Gasteiger partial charge in [0.15, 0.2) is 0 Å². The lowest BCUT2D eigenvalue weighted by molar-refractivity contribution is -0.0594. The van der Waals surface area contributed by atoms with Crippen LogP contribution in [0.3, 0.4) is 0 Å². The van der Waals surface area contributed by atoms with Crippen LogP contribution in [0, 0.1) is 4.91 Å². The lowest BCUT2D eigenvalue weighted by atomic mass is 10.1. The van der Waals surface area contributed by atoms with Gasteiger partial charge < -0.3 is 0 Å². The van der Waals surface area contributed by atoms with Gasteiger partial charge in [-0.1, -0.05) is 30.8 Å². The molecule has 0 aromatic heterocycles. The Hall–Kier alpha value is -2.18. The molecule has 1 atom stereocenters. The Morgan fingerprint density at radius 3 is 2.19 bits per heavy atom. The average molecular weight is 397 g/mol. The number of hydrogen-bond donors (Lipinski definition) is 0. The summed E-state index contributed by atoms with van der Waals surface area (Å²) in [7, 11) is 2.53. The predicted molar refractivity (Wildman–Crippen MR) is 105 cm³/mol. The van der Waals surface area contributed by atoms with E-state index in [0.29, 0.717) is 16.1 Å². The lowest BCUT2D eigenvalue weighted by Gasteiger charge is -2.23. The number of nitroso groups, excluding NO2 is 1. The van der Waals surface area contributed by atoms with E-state index in [0.717, 1.165) is 29.2 Å². The van der Waals surface area contributed by atoms with E-state index in [1.54, 1.807) is 48.5 Å². The molecule has 2 aromatic carbocycles. The fraction of sp³-hybridized carbons (Fsp3) is 0.118. The van der Waals surface area contributed by atoms with Crippen LogP contribution >= 0.6 is 21.2 Å². The Morgan fingerprint density at radius 2 is 1.69 bits per heavy atom. The molecule has 0 N–H and O–H groups in total. The molecule has 2 aromatic rings. The number of anilines is 1. The van der Waals surface area contributed by atoms with E-state index >= 15 is 0 Å². The lowest BCUT2D eigenvalue weighted by Crippen LogP contribution is -2.25. The monoisotopic (exact) mass is 397 g/mol. The van der Waals surface area contributed by atoms with Crippen molar-refractivity contribution in [3.63, 3.8) is 0 Å². The molecule has 0 heterocycles. The van der Waals surface area contributed by atoms with Crippen molar-refractivity contribution in [2.24, 2.45) is 9.68 Å². The molecule has 2 rings (SSSR count). The van der Waals surface area contributed by atoms with Crippen molar-refractivity contribution in [3.05, 3.63) is 65.6 Å². The second-order valence-electron chi connectivity index (χ2n) is 5.22. The molecule has 136 valence electrons. The summed E-state index contributed by atoms with van der Waals surface area (Å²) in [5.74, 6) is 0. The molecule has 0 aliphatic rings. The van der Waals surface area contributed by atoms with Gasteiger partial charge in [-0.2, -0.15) is 18.3 Å². The average Bonchev–Trinajstić information content (AvgIpc) is 2.60. The SMILES string of the molecule is C=C(c1ccc(P)cc1)N(/N=C(\C)C(F)(F)F)c1ccc(SN=O)cc1. The van der Waals surface area contributed by atoms with Crippen LogP contribution in [0.2, 0.25) is 0 Å². The molecular formula is C17H15F3N3OPS. The maximum absolute atomic E-state index is 13.0. The molecule has 0 saturated heterocycles. The second kappa shape index (κ2) is 8.47. The zero-order valence-corrected chi connectivity index (χ0v) is 15.7. The molecule has 4 nitrogen and oxygen atoms in total. The Balaban J connectivity index is 2.46. The molecule has 0 radical (unpaired) electrons. The zero-order valence-electron chi connectivity index (χ0n) is 13.7. The summed E-state index contributed by atoms with van der Waals surface area (Å²) in [6, 6.07) is 13.4. The summed E-state index contributed by atoms with van der Waals surface area (Å²) in [5, 5.41) is 5.78. The van der Waals surface area contributed by atoms with Crippen molar-refractivity contribution in [2.75, 3.05) is 5.01 Å². The highest BCUT2D eigenvalue weighted by Gasteiger charge is 2.33. The van der Waals surface area contributed by atoms with Crippen LogP contribution in [-0.2, 0) is 0 Å². The van der Waals surface area contributed by atoms with Crippen LogP contribution in [0.15, 0.2) is 69.7 Å². The van der Waals surface area contributed by atoms with Gasteiger partial charge in [0.1, 0.15) is 5.71 Å². The summed E-state index contributed by atoms with van der Waals surface area (Å²) in [5.41, 5.74) is 0.286. The van der Waals surface area contributed by atoms with Crippen molar-refractivity contribution < 1.29 is 13.2 Å². The molecule has 9 heteroatoms. The van der Waals surface area contributed by atoms with Crippen molar-refractivity contribution in [3.8, 4) is 0 Å². The standard InChI is InChI=1S/C17H15F3N3OPS/c1-11(13-3-7-15(25)8-4-13)23(21-12(2)17(18,19)20)14-5-9-16(10-6-14)26-22-24/h3-10H,1,25H2,2H3/b21-12+.